The van der Waals surface area contributed by atoms with Gasteiger partial charge in [-0.25, -0.2) is 13.4 Å². The highest BCUT2D eigenvalue weighted by Crippen LogP contribution is 2.27. The number of benzene rings is 1. The van der Waals surface area contributed by atoms with Crippen LogP contribution in [0.1, 0.15) is 49.4 Å². The molecular weight excluding hydrogens is 404 g/mol. The Balaban J connectivity index is 1.60. The largest absolute Gasteiger partial charge is 0.349 e. The zero-order valence-electron chi connectivity index (χ0n) is 16.7. The van der Waals surface area contributed by atoms with Crippen molar-refractivity contribution in [3.05, 3.63) is 54.2 Å². The van der Waals surface area contributed by atoms with Crippen LogP contribution < -0.4 is 5.32 Å². The lowest BCUT2D eigenvalue weighted by molar-refractivity contribution is 0.0915. The van der Waals surface area contributed by atoms with Crippen molar-refractivity contribution in [1.82, 2.24) is 10.3 Å². The van der Waals surface area contributed by atoms with Crippen molar-refractivity contribution >= 4 is 27.5 Å². The molecule has 0 saturated heterocycles. The van der Waals surface area contributed by atoms with Gasteiger partial charge in [0.1, 0.15) is 5.03 Å². The van der Waals surface area contributed by atoms with E-state index in [1.165, 1.54) is 31.0 Å². The normalized spacial score (nSPS) is 16.3. The number of carbonyl (C=O) groups is 1. The van der Waals surface area contributed by atoms with Crippen LogP contribution in [0.2, 0.25) is 0 Å². The van der Waals surface area contributed by atoms with Crippen LogP contribution in [-0.4, -0.2) is 36.9 Å². The fourth-order valence-corrected chi connectivity index (χ4v) is 6.37. The molecular formula is C22H28N2O3S2. The van der Waals surface area contributed by atoms with E-state index in [1.54, 1.807) is 48.7 Å². The maximum Gasteiger partial charge on any atom is 0.254 e. The number of thioether (sulfide) groups is 1. The van der Waals surface area contributed by atoms with Crippen LogP contribution >= 0.6 is 11.8 Å². The molecule has 0 aliphatic heterocycles. The highest BCUT2D eigenvalue weighted by atomic mass is 32.2. The molecule has 0 radical (unpaired) electrons. The fourth-order valence-electron chi connectivity index (χ4n) is 3.71. The molecule has 5 nitrogen and oxygen atoms in total. The number of amides is 1. The van der Waals surface area contributed by atoms with Gasteiger partial charge in [0, 0.05) is 18.0 Å². The number of rotatable bonds is 8. The average molecular weight is 433 g/mol. The summed E-state index contributed by atoms with van der Waals surface area (Å²) in [5.74, 6) is 0.728. The molecule has 1 aliphatic carbocycles. The van der Waals surface area contributed by atoms with Crippen molar-refractivity contribution in [2.75, 3.05) is 11.5 Å². The summed E-state index contributed by atoms with van der Waals surface area (Å²) in [6, 6.07) is 12.1. The number of pyridine rings is 1. The first-order valence-corrected chi connectivity index (χ1v) is 12.8. The van der Waals surface area contributed by atoms with Crippen molar-refractivity contribution in [3.8, 4) is 0 Å². The van der Waals surface area contributed by atoms with Gasteiger partial charge in [0.15, 0.2) is 9.84 Å². The number of sulfone groups is 1. The summed E-state index contributed by atoms with van der Waals surface area (Å²) in [6.07, 6.45) is 7.70. The predicted octanol–water partition coefficient (Wildman–Crippen LogP) is 4.35. The first-order chi connectivity index (χ1) is 14.0. The lowest BCUT2D eigenvalue weighted by Gasteiger charge is -2.28. The van der Waals surface area contributed by atoms with Crippen molar-refractivity contribution in [2.24, 2.45) is 5.92 Å². The number of aromatic nitrogens is 1. The quantitative estimate of drug-likeness (QED) is 0.628. The smallest absolute Gasteiger partial charge is 0.254 e. The summed E-state index contributed by atoms with van der Waals surface area (Å²) >= 11 is 1.31. The molecule has 1 fully saturated rings. The Labute approximate surface area is 177 Å². The zero-order chi connectivity index (χ0) is 20.7. The van der Waals surface area contributed by atoms with Gasteiger partial charge in [-0.1, -0.05) is 37.5 Å². The number of nitrogens with zero attached hydrogens (tertiary/aromatic N) is 1. The Morgan fingerprint density at radius 2 is 1.86 bits per heavy atom. The number of carbonyl (C=O) groups excluding carboxylic acids is 1. The lowest BCUT2D eigenvalue weighted by atomic mass is 9.84. The van der Waals surface area contributed by atoms with Crippen molar-refractivity contribution in [1.29, 1.82) is 0 Å². The molecule has 29 heavy (non-hydrogen) atoms. The summed E-state index contributed by atoms with van der Waals surface area (Å²) in [5.41, 5.74) is 0.511. The molecule has 156 valence electrons. The van der Waals surface area contributed by atoms with Crippen LogP contribution in [0.4, 0.5) is 0 Å². The molecule has 0 spiro atoms. The number of hydrogen-bond donors (Lipinski definition) is 1. The highest BCUT2D eigenvalue weighted by Gasteiger charge is 2.23. The van der Waals surface area contributed by atoms with Gasteiger partial charge in [-0.15, -0.1) is 11.8 Å². The van der Waals surface area contributed by atoms with Gasteiger partial charge in [-0.3, -0.25) is 4.79 Å². The van der Waals surface area contributed by atoms with Crippen LogP contribution in [0.3, 0.4) is 0 Å². The second-order valence-corrected chi connectivity index (χ2v) is 10.7. The highest BCUT2D eigenvalue weighted by molar-refractivity contribution is 8.00. The summed E-state index contributed by atoms with van der Waals surface area (Å²) in [5, 5.41) is 3.70. The van der Waals surface area contributed by atoms with Gasteiger partial charge in [0.25, 0.3) is 5.91 Å². The van der Waals surface area contributed by atoms with E-state index >= 15 is 0 Å². The van der Waals surface area contributed by atoms with E-state index in [9.17, 15) is 13.2 Å². The lowest BCUT2D eigenvalue weighted by Crippen LogP contribution is -2.39. The van der Waals surface area contributed by atoms with E-state index in [0.29, 0.717) is 27.2 Å². The van der Waals surface area contributed by atoms with Gasteiger partial charge < -0.3 is 5.32 Å². The van der Waals surface area contributed by atoms with Crippen LogP contribution in [0.15, 0.2) is 58.6 Å². The topological polar surface area (TPSA) is 76.1 Å². The van der Waals surface area contributed by atoms with E-state index in [1.807, 2.05) is 0 Å². The second-order valence-electron chi connectivity index (χ2n) is 7.50. The van der Waals surface area contributed by atoms with Crippen molar-refractivity contribution < 1.29 is 13.2 Å². The van der Waals surface area contributed by atoms with Crippen LogP contribution in [0, 0.1) is 5.92 Å². The predicted molar refractivity (Wildman–Crippen MR) is 117 cm³/mol. The minimum atomic E-state index is -3.35. The Hall–Kier alpha value is -1.86. The Morgan fingerprint density at radius 3 is 2.59 bits per heavy atom. The van der Waals surface area contributed by atoms with Crippen LogP contribution in [0.5, 0.6) is 0 Å². The van der Waals surface area contributed by atoms with E-state index < -0.39 is 9.84 Å². The molecule has 7 heteroatoms. The third-order valence-corrected chi connectivity index (χ3v) is 8.42. The number of hydrogen-bond acceptors (Lipinski definition) is 5. The SMILES string of the molecule is C[C@H](NC(=O)c1cccnc1SCCS(=O)(=O)c1ccccc1)C1CCCCC1. The molecule has 1 amide bonds. The Morgan fingerprint density at radius 1 is 1.14 bits per heavy atom. The Kier molecular flexibility index (Phi) is 7.72. The maximum atomic E-state index is 12.8. The first kappa shape index (κ1) is 21.8. The summed E-state index contributed by atoms with van der Waals surface area (Å²) in [7, 11) is -3.35. The average Bonchev–Trinajstić information content (AvgIpc) is 2.75. The van der Waals surface area contributed by atoms with Crippen LogP contribution in [-0.2, 0) is 9.84 Å². The van der Waals surface area contributed by atoms with E-state index in [0.717, 1.165) is 12.8 Å². The molecule has 1 atom stereocenters. The molecule has 0 bridgehead atoms. The molecule has 1 aromatic heterocycles. The monoisotopic (exact) mass is 432 g/mol. The van der Waals surface area contributed by atoms with Gasteiger partial charge in [0.05, 0.1) is 16.2 Å². The van der Waals surface area contributed by atoms with Crippen LogP contribution in [0.25, 0.3) is 0 Å². The van der Waals surface area contributed by atoms with Gasteiger partial charge in [0.2, 0.25) is 0 Å². The summed E-state index contributed by atoms with van der Waals surface area (Å²) in [6.45, 7) is 2.07. The van der Waals surface area contributed by atoms with E-state index in [2.05, 4.69) is 17.2 Å². The molecule has 1 heterocycles. The second kappa shape index (κ2) is 10.3. The molecule has 3 rings (SSSR count). The minimum absolute atomic E-state index is 0.00219. The third-order valence-electron chi connectivity index (χ3n) is 5.42. The van der Waals surface area contributed by atoms with Gasteiger partial charge in [-0.2, -0.15) is 0 Å². The van der Waals surface area contributed by atoms with Crippen molar-refractivity contribution in [2.45, 2.75) is 55.0 Å². The minimum Gasteiger partial charge on any atom is -0.349 e. The molecule has 1 aromatic carbocycles. The Bertz CT molecular complexity index is 911. The summed E-state index contributed by atoms with van der Waals surface area (Å²) < 4.78 is 24.9. The standard InChI is InChI=1S/C22H28N2O3S2/c1-17(18-9-4-2-5-10-18)24-21(25)20-13-8-14-23-22(20)28-15-16-29(26,27)19-11-6-3-7-12-19/h3,6-8,11-14,17-18H,2,4-5,9-10,15-16H2,1H3,(H,24,25)/t17-/m0/s1. The van der Waals surface area contributed by atoms with Crippen molar-refractivity contribution in [3.63, 3.8) is 0 Å². The molecule has 1 saturated carbocycles. The van der Waals surface area contributed by atoms with E-state index in [-0.39, 0.29) is 17.7 Å². The van der Waals surface area contributed by atoms with Gasteiger partial charge >= 0.3 is 0 Å². The third kappa shape index (κ3) is 6.06. The zero-order valence-corrected chi connectivity index (χ0v) is 18.3. The number of nitrogens with one attached hydrogen (secondary N) is 1. The molecule has 0 unspecified atom stereocenters. The maximum absolute atomic E-state index is 12.8. The molecule has 1 aliphatic rings. The molecule has 1 N–H and O–H groups in total. The summed E-state index contributed by atoms with van der Waals surface area (Å²) in [4.78, 5) is 17.5. The van der Waals surface area contributed by atoms with E-state index in [4.69, 9.17) is 0 Å². The first-order valence-electron chi connectivity index (χ1n) is 10.1. The molecule has 2 aromatic rings. The van der Waals surface area contributed by atoms with Gasteiger partial charge in [-0.05, 0) is 49.9 Å². The fraction of sp³-hybridized carbons (Fsp3) is 0.455.